The summed E-state index contributed by atoms with van der Waals surface area (Å²) in [5.41, 5.74) is 8.24. The average Bonchev–Trinajstić information content (AvgIpc) is 2.90. The molecule has 1 nitrogen and oxygen atoms in total. The lowest BCUT2D eigenvalue weighted by Crippen LogP contribution is -2.43. The molecule has 0 radical (unpaired) electrons. The van der Waals surface area contributed by atoms with Crippen molar-refractivity contribution in [2.45, 2.75) is 56.4 Å². The molecule has 0 amide bonds. The predicted molar refractivity (Wildman–Crippen MR) is 78.6 cm³/mol. The third-order valence-corrected chi connectivity index (χ3v) is 4.48. The van der Waals surface area contributed by atoms with Gasteiger partial charge in [0.05, 0.1) is 0 Å². The second-order valence-electron chi connectivity index (χ2n) is 5.56. The van der Waals surface area contributed by atoms with Crippen molar-refractivity contribution < 1.29 is 0 Å². The van der Waals surface area contributed by atoms with E-state index < -0.39 is 0 Å². The second-order valence-corrected chi connectivity index (χ2v) is 5.56. The zero-order valence-corrected chi connectivity index (χ0v) is 11.3. The Hall–Kier alpha value is -1.08. The van der Waals surface area contributed by atoms with Gasteiger partial charge in [0, 0.05) is 11.5 Å². The highest BCUT2D eigenvalue weighted by atomic mass is 14.7. The highest BCUT2D eigenvalue weighted by Crippen LogP contribution is 2.44. The fourth-order valence-electron chi connectivity index (χ4n) is 3.41. The van der Waals surface area contributed by atoms with Crippen LogP contribution < -0.4 is 5.73 Å². The van der Waals surface area contributed by atoms with Crippen molar-refractivity contribution in [2.24, 2.45) is 5.73 Å². The minimum absolute atomic E-state index is 0.239. The Bertz CT molecular complexity index is 362. The normalized spacial score (nSPS) is 19.6. The van der Waals surface area contributed by atoms with Crippen LogP contribution in [0.3, 0.4) is 0 Å². The summed E-state index contributed by atoms with van der Waals surface area (Å²) in [4.78, 5) is 0. The van der Waals surface area contributed by atoms with Gasteiger partial charge in [0.1, 0.15) is 0 Å². The molecular weight excluding hydrogens is 218 g/mol. The molecule has 0 aromatic heterocycles. The topological polar surface area (TPSA) is 26.0 Å². The molecule has 2 N–H and O–H groups in total. The van der Waals surface area contributed by atoms with Gasteiger partial charge in [-0.25, -0.2) is 0 Å². The summed E-state index contributed by atoms with van der Waals surface area (Å²) in [6.45, 7) is 3.79. The molecule has 0 heterocycles. The van der Waals surface area contributed by atoms with E-state index in [0.717, 1.165) is 12.8 Å². The van der Waals surface area contributed by atoms with Crippen LogP contribution in [0.1, 0.15) is 50.5 Å². The first-order valence-corrected chi connectivity index (χ1v) is 7.21. The molecule has 1 aromatic carbocycles. The first-order chi connectivity index (χ1) is 8.79. The second kappa shape index (κ2) is 6.19. The quantitative estimate of drug-likeness (QED) is 0.588. The SMILES string of the molecule is C=CCCCC(N)C1(c2ccccc2)CCCC1. The first-order valence-electron chi connectivity index (χ1n) is 7.21. The van der Waals surface area contributed by atoms with Gasteiger partial charge in [0.2, 0.25) is 0 Å². The average molecular weight is 243 g/mol. The van der Waals surface area contributed by atoms with E-state index in [4.69, 9.17) is 5.73 Å². The molecule has 0 bridgehead atoms. The molecule has 1 aliphatic rings. The van der Waals surface area contributed by atoms with E-state index in [0.29, 0.717) is 6.04 Å². The van der Waals surface area contributed by atoms with Crippen LogP contribution in [0.4, 0.5) is 0 Å². The third-order valence-electron chi connectivity index (χ3n) is 4.48. The van der Waals surface area contributed by atoms with Crippen molar-refractivity contribution in [3.63, 3.8) is 0 Å². The summed E-state index contributed by atoms with van der Waals surface area (Å²) >= 11 is 0. The molecule has 0 aliphatic heterocycles. The van der Waals surface area contributed by atoms with Gasteiger partial charge < -0.3 is 5.73 Å². The molecule has 18 heavy (non-hydrogen) atoms. The number of nitrogens with two attached hydrogens (primary N) is 1. The van der Waals surface area contributed by atoms with Crippen LogP contribution in [0.2, 0.25) is 0 Å². The van der Waals surface area contributed by atoms with E-state index in [1.165, 1.54) is 37.7 Å². The van der Waals surface area contributed by atoms with E-state index in [2.05, 4.69) is 36.9 Å². The van der Waals surface area contributed by atoms with Crippen molar-refractivity contribution in [3.8, 4) is 0 Å². The van der Waals surface area contributed by atoms with Crippen molar-refractivity contribution in [3.05, 3.63) is 48.6 Å². The summed E-state index contributed by atoms with van der Waals surface area (Å²) in [6.07, 6.45) is 10.5. The maximum Gasteiger partial charge on any atom is 0.0136 e. The zero-order chi connectivity index (χ0) is 12.8. The summed E-state index contributed by atoms with van der Waals surface area (Å²) in [5.74, 6) is 0. The maximum atomic E-state index is 6.55. The Balaban J connectivity index is 2.14. The zero-order valence-electron chi connectivity index (χ0n) is 11.3. The van der Waals surface area contributed by atoms with E-state index in [1.54, 1.807) is 0 Å². The van der Waals surface area contributed by atoms with E-state index in [9.17, 15) is 0 Å². The Morgan fingerprint density at radius 2 is 1.89 bits per heavy atom. The minimum Gasteiger partial charge on any atom is -0.327 e. The molecular formula is C17H25N. The molecule has 1 aromatic rings. The lowest BCUT2D eigenvalue weighted by molar-refractivity contribution is 0.329. The smallest absolute Gasteiger partial charge is 0.0136 e. The van der Waals surface area contributed by atoms with E-state index >= 15 is 0 Å². The molecule has 2 rings (SSSR count). The van der Waals surface area contributed by atoms with Crippen LogP contribution in [0.5, 0.6) is 0 Å². The predicted octanol–water partition coefficient (Wildman–Crippen LogP) is 4.18. The molecule has 1 saturated carbocycles. The first kappa shape index (κ1) is 13.4. The van der Waals surface area contributed by atoms with Crippen LogP contribution in [-0.4, -0.2) is 6.04 Å². The van der Waals surface area contributed by atoms with Gasteiger partial charge in [-0.1, -0.05) is 49.2 Å². The molecule has 1 aliphatic carbocycles. The number of benzene rings is 1. The Kier molecular flexibility index (Phi) is 4.60. The van der Waals surface area contributed by atoms with Crippen LogP contribution >= 0.6 is 0 Å². The highest BCUT2D eigenvalue weighted by molar-refractivity contribution is 5.29. The standard InChI is InChI=1S/C17H25N/c1-2-3-5-12-16(18)17(13-8-9-14-17)15-10-6-4-7-11-15/h2,4,6-7,10-11,16H,1,3,5,8-9,12-14,18H2. The van der Waals surface area contributed by atoms with Crippen molar-refractivity contribution in [1.29, 1.82) is 0 Å². The van der Waals surface area contributed by atoms with Gasteiger partial charge in [0.25, 0.3) is 0 Å². The lowest BCUT2D eigenvalue weighted by Gasteiger charge is -2.36. The van der Waals surface area contributed by atoms with Gasteiger partial charge in [0.15, 0.2) is 0 Å². The van der Waals surface area contributed by atoms with Gasteiger partial charge in [-0.2, -0.15) is 0 Å². The summed E-state index contributed by atoms with van der Waals surface area (Å²) in [7, 11) is 0. The number of hydrogen-bond donors (Lipinski definition) is 1. The fourth-order valence-corrected chi connectivity index (χ4v) is 3.41. The monoisotopic (exact) mass is 243 g/mol. The van der Waals surface area contributed by atoms with E-state index in [-0.39, 0.29) is 5.41 Å². The molecule has 1 unspecified atom stereocenters. The van der Waals surface area contributed by atoms with Crippen LogP contribution in [0, 0.1) is 0 Å². The van der Waals surface area contributed by atoms with Gasteiger partial charge in [-0.15, -0.1) is 6.58 Å². The van der Waals surface area contributed by atoms with Gasteiger partial charge in [-0.05, 0) is 37.7 Å². The molecule has 0 saturated heterocycles. The highest BCUT2D eigenvalue weighted by Gasteiger charge is 2.40. The summed E-state index contributed by atoms with van der Waals surface area (Å²) < 4.78 is 0. The van der Waals surface area contributed by atoms with Gasteiger partial charge >= 0.3 is 0 Å². The van der Waals surface area contributed by atoms with Gasteiger partial charge in [-0.3, -0.25) is 0 Å². The Morgan fingerprint density at radius 3 is 2.50 bits per heavy atom. The number of allylic oxidation sites excluding steroid dienone is 1. The number of rotatable bonds is 6. The van der Waals surface area contributed by atoms with Crippen LogP contribution in [-0.2, 0) is 5.41 Å². The summed E-state index contributed by atoms with van der Waals surface area (Å²) in [6, 6.07) is 11.2. The lowest BCUT2D eigenvalue weighted by atomic mass is 9.71. The molecule has 1 fully saturated rings. The Morgan fingerprint density at radius 1 is 1.22 bits per heavy atom. The van der Waals surface area contributed by atoms with E-state index in [1.807, 2.05) is 6.08 Å². The van der Waals surface area contributed by atoms with Crippen molar-refractivity contribution in [1.82, 2.24) is 0 Å². The number of hydrogen-bond acceptors (Lipinski definition) is 1. The number of unbranched alkanes of at least 4 members (excludes halogenated alkanes) is 1. The molecule has 1 heteroatoms. The largest absolute Gasteiger partial charge is 0.327 e. The molecule has 1 atom stereocenters. The Labute approximate surface area is 111 Å². The van der Waals surface area contributed by atoms with Crippen molar-refractivity contribution in [2.75, 3.05) is 0 Å². The fraction of sp³-hybridized carbons (Fsp3) is 0.529. The van der Waals surface area contributed by atoms with Crippen molar-refractivity contribution >= 4 is 0 Å². The maximum absolute atomic E-state index is 6.55. The third kappa shape index (κ3) is 2.67. The van der Waals surface area contributed by atoms with Crippen LogP contribution in [0.15, 0.2) is 43.0 Å². The summed E-state index contributed by atoms with van der Waals surface area (Å²) in [5, 5.41) is 0. The molecule has 0 spiro atoms. The molecule has 98 valence electrons. The van der Waals surface area contributed by atoms with Crippen LogP contribution in [0.25, 0.3) is 0 Å². The minimum atomic E-state index is 0.239.